The van der Waals surface area contributed by atoms with Gasteiger partial charge in [-0.3, -0.25) is 0 Å². The van der Waals surface area contributed by atoms with Crippen molar-refractivity contribution in [1.29, 1.82) is 0 Å². The second-order valence-corrected chi connectivity index (χ2v) is 4.18. The lowest BCUT2D eigenvalue weighted by molar-refractivity contribution is 1.27. The fourth-order valence-electron chi connectivity index (χ4n) is 1.31. The first kappa shape index (κ1) is 10.2. The van der Waals surface area contributed by atoms with Crippen molar-refractivity contribution in [2.45, 2.75) is 6.92 Å². The molecular formula is C12H11BrN2. The van der Waals surface area contributed by atoms with Gasteiger partial charge in [0.05, 0.1) is 5.69 Å². The highest BCUT2D eigenvalue weighted by molar-refractivity contribution is 9.10. The molecule has 76 valence electrons. The molecule has 0 bridgehead atoms. The minimum absolute atomic E-state index is 0.863. The van der Waals surface area contributed by atoms with E-state index in [1.165, 1.54) is 5.56 Å². The lowest BCUT2D eigenvalue weighted by Crippen LogP contribution is -1.94. The second-order valence-electron chi connectivity index (χ2n) is 3.32. The van der Waals surface area contributed by atoms with Gasteiger partial charge < -0.3 is 5.32 Å². The van der Waals surface area contributed by atoms with Gasteiger partial charge in [0, 0.05) is 10.7 Å². The Bertz CT molecular complexity index is 469. The molecule has 15 heavy (non-hydrogen) atoms. The topological polar surface area (TPSA) is 24.9 Å². The Kier molecular flexibility index (Phi) is 3.02. The SMILES string of the molecule is Cc1ccnc(Nc2ccccc2Br)c1. The highest BCUT2D eigenvalue weighted by atomic mass is 79.9. The van der Waals surface area contributed by atoms with E-state index in [1.54, 1.807) is 6.20 Å². The molecule has 0 spiro atoms. The zero-order chi connectivity index (χ0) is 10.7. The van der Waals surface area contributed by atoms with Gasteiger partial charge >= 0.3 is 0 Å². The maximum Gasteiger partial charge on any atom is 0.130 e. The minimum atomic E-state index is 0.863. The Morgan fingerprint density at radius 1 is 1.20 bits per heavy atom. The van der Waals surface area contributed by atoms with Crippen LogP contribution in [0, 0.1) is 6.92 Å². The van der Waals surface area contributed by atoms with Crippen LogP contribution in [0.3, 0.4) is 0 Å². The van der Waals surface area contributed by atoms with Crippen LogP contribution in [0.5, 0.6) is 0 Å². The minimum Gasteiger partial charge on any atom is -0.339 e. The number of pyridine rings is 1. The molecule has 0 aliphatic rings. The summed E-state index contributed by atoms with van der Waals surface area (Å²) in [4.78, 5) is 4.24. The van der Waals surface area contributed by atoms with Crippen molar-refractivity contribution < 1.29 is 0 Å². The molecule has 1 aromatic heterocycles. The highest BCUT2D eigenvalue weighted by Crippen LogP contribution is 2.24. The molecule has 2 nitrogen and oxygen atoms in total. The Hall–Kier alpha value is -1.35. The van der Waals surface area contributed by atoms with Crippen molar-refractivity contribution in [3.05, 3.63) is 52.6 Å². The van der Waals surface area contributed by atoms with E-state index in [4.69, 9.17) is 0 Å². The van der Waals surface area contributed by atoms with E-state index in [2.05, 4.69) is 26.2 Å². The number of aryl methyl sites for hydroxylation is 1. The van der Waals surface area contributed by atoms with Gasteiger partial charge in [-0.05, 0) is 52.7 Å². The monoisotopic (exact) mass is 262 g/mol. The molecule has 0 aliphatic carbocycles. The van der Waals surface area contributed by atoms with Crippen molar-refractivity contribution in [2.24, 2.45) is 0 Å². The second kappa shape index (κ2) is 4.45. The van der Waals surface area contributed by atoms with Crippen molar-refractivity contribution in [1.82, 2.24) is 4.98 Å². The van der Waals surface area contributed by atoms with E-state index in [0.29, 0.717) is 0 Å². The molecule has 2 rings (SSSR count). The van der Waals surface area contributed by atoms with Crippen LogP contribution in [-0.4, -0.2) is 4.98 Å². The molecule has 0 atom stereocenters. The molecule has 0 aliphatic heterocycles. The summed E-state index contributed by atoms with van der Waals surface area (Å²) >= 11 is 3.48. The summed E-state index contributed by atoms with van der Waals surface area (Å²) in [6.45, 7) is 2.05. The predicted molar refractivity (Wildman–Crippen MR) is 66.4 cm³/mol. The quantitative estimate of drug-likeness (QED) is 0.888. The number of halogens is 1. The van der Waals surface area contributed by atoms with Crippen LogP contribution < -0.4 is 5.32 Å². The van der Waals surface area contributed by atoms with Crippen LogP contribution in [0.15, 0.2) is 47.1 Å². The Balaban J connectivity index is 2.26. The average Bonchev–Trinajstić information content (AvgIpc) is 2.22. The average molecular weight is 263 g/mol. The van der Waals surface area contributed by atoms with Crippen LogP contribution in [-0.2, 0) is 0 Å². The third-order valence-electron chi connectivity index (χ3n) is 2.05. The number of hydrogen-bond acceptors (Lipinski definition) is 2. The maximum absolute atomic E-state index is 4.24. The molecule has 0 fully saturated rings. The van der Waals surface area contributed by atoms with Crippen LogP contribution in [0.4, 0.5) is 11.5 Å². The van der Waals surface area contributed by atoms with E-state index in [9.17, 15) is 0 Å². The van der Waals surface area contributed by atoms with Gasteiger partial charge in [-0.1, -0.05) is 12.1 Å². The molecule has 0 saturated heterocycles. The van der Waals surface area contributed by atoms with Crippen molar-refractivity contribution in [2.75, 3.05) is 5.32 Å². The fraction of sp³-hybridized carbons (Fsp3) is 0.0833. The number of para-hydroxylation sites is 1. The number of nitrogens with one attached hydrogen (secondary N) is 1. The number of anilines is 2. The normalized spacial score (nSPS) is 10.0. The zero-order valence-electron chi connectivity index (χ0n) is 8.37. The van der Waals surface area contributed by atoms with Crippen LogP contribution >= 0.6 is 15.9 Å². The summed E-state index contributed by atoms with van der Waals surface area (Å²) in [5, 5.41) is 3.26. The summed E-state index contributed by atoms with van der Waals surface area (Å²) in [6.07, 6.45) is 1.80. The van der Waals surface area contributed by atoms with Gasteiger partial charge in [0.2, 0.25) is 0 Å². The Labute approximate surface area is 97.5 Å². The largest absolute Gasteiger partial charge is 0.339 e. The van der Waals surface area contributed by atoms with Crippen molar-refractivity contribution in [3.8, 4) is 0 Å². The molecule has 0 saturated carbocycles. The van der Waals surface area contributed by atoms with E-state index in [1.807, 2.05) is 43.3 Å². The molecule has 1 aromatic carbocycles. The number of aromatic nitrogens is 1. The first-order chi connectivity index (χ1) is 7.25. The van der Waals surface area contributed by atoms with Crippen LogP contribution in [0.2, 0.25) is 0 Å². The Morgan fingerprint density at radius 3 is 2.73 bits per heavy atom. The molecule has 1 N–H and O–H groups in total. The molecular weight excluding hydrogens is 252 g/mol. The lowest BCUT2D eigenvalue weighted by Gasteiger charge is -2.07. The molecule has 0 unspecified atom stereocenters. The smallest absolute Gasteiger partial charge is 0.130 e. The molecule has 0 radical (unpaired) electrons. The summed E-state index contributed by atoms with van der Waals surface area (Å²) in [7, 11) is 0. The predicted octanol–water partition coefficient (Wildman–Crippen LogP) is 3.90. The number of hydrogen-bond donors (Lipinski definition) is 1. The van der Waals surface area contributed by atoms with Gasteiger partial charge in [-0.15, -0.1) is 0 Å². The van der Waals surface area contributed by atoms with E-state index in [0.717, 1.165) is 16.0 Å². The number of benzene rings is 1. The van der Waals surface area contributed by atoms with E-state index in [-0.39, 0.29) is 0 Å². The van der Waals surface area contributed by atoms with E-state index < -0.39 is 0 Å². The zero-order valence-corrected chi connectivity index (χ0v) is 9.95. The first-order valence-corrected chi connectivity index (χ1v) is 5.49. The Morgan fingerprint density at radius 2 is 2.00 bits per heavy atom. The third-order valence-corrected chi connectivity index (χ3v) is 2.74. The summed E-state index contributed by atoms with van der Waals surface area (Å²) in [6, 6.07) is 12.0. The fourth-order valence-corrected chi connectivity index (χ4v) is 1.69. The standard InChI is InChI=1S/C12H11BrN2/c1-9-6-7-14-12(8-9)15-11-5-3-2-4-10(11)13/h2-8H,1H3,(H,14,15). The van der Waals surface area contributed by atoms with Gasteiger partial charge in [0.15, 0.2) is 0 Å². The van der Waals surface area contributed by atoms with Crippen molar-refractivity contribution in [3.63, 3.8) is 0 Å². The maximum atomic E-state index is 4.24. The molecule has 3 heteroatoms. The van der Waals surface area contributed by atoms with Crippen LogP contribution in [0.1, 0.15) is 5.56 Å². The van der Waals surface area contributed by atoms with Gasteiger partial charge in [-0.2, -0.15) is 0 Å². The number of rotatable bonds is 2. The highest BCUT2D eigenvalue weighted by Gasteiger charge is 1.99. The van der Waals surface area contributed by atoms with E-state index >= 15 is 0 Å². The van der Waals surface area contributed by atoms with Crippen LogP contribution in [0.25, 0.3) is 0 Å². The number of nitrogens with zero attached hydrogens (tertiary/aromatic N) is 1. The molecule has 0 amide bonds. The lowest BCUT2D eigenvalue weighted by atomic mass is 10.3. The molecule has 2 aromatic rings. The summed E-state index contributed by atoms with van der Waals surface area (Å²) in [5.41, 5.74) is 2.22. The summed E-state index contributed by atoms with van der Waals surface area (Å²) < 4.78 is 1.04. The van der Waals surface area contributed by atoms with Gasteiger partial charge in [-0.25, -0.2) is 4.98 Å². The third kappa shape index (κ3) is 2.57. The van der Waals surface area contributed by atoms with Gasteiger partial charge in [0.1, 0.15) is 5.82 Å². The summed E-state index contributed by atoms with van der Waals surface area (Å²) in [5.74, 6) is 0.863. The first-order valence-electron chi connectivity index (χ1n) is 4.70. The van der Waals surface area contributed by atoms with Gasteiger partial charge in [0.25, 0.3) is 0 Å². The van der Waals surface area contributed by atoms with Crippen molar-refractivity contribution >= 4 is 27.4 Å². The molecule has 1 heterocycles.